The van der Waals surface area contributed by atoms with E-state index in [-0.39, 0.29) is 17.2 Å². The number of hydrogen-bond donors (Lipinski definition) is 1. The summed E-state index contributed by atoms with van der Waals surface area (Å²) in [6, 6.07) is 2.49. The zero-order chi connectivity index (χ0) is 18.1. The van der Waals surface area contributed by atoms with Crippen LogP contribution in [0.3, 0.4) is 0 Å². The molecule has 1 aliphatic rings. The largest absolute Gasteiger partial charge is 0.477 e. The number of hydrogen-bond acceptors (Lipinski definition) is 4. The Kier molecular flexibility index (Phi) is 4.54. The third-order valence-electron chi connectivity index (χ3n) is 4.39. The first-order valence-corrected chi connectivity index (χ1v) is 7.74. The molecule has 2 aromatic rings. The lowest BCUT2D eigenvalue weighted by Gasteiger charge is -2.34. The molecule has 1 aromatic heterocycles. The van der Waals surface area contributed by atoms with E-state index in [9.17, 15) is 18.4 Å². The predicted molar refractivity (Wildman–Crippen MR) is 91.3 cm³/mol. The molecule has 0 unspecified atom stereocenters. The number of nitrogens with zero attached hydrogens (tertiary/aromatic N) is 3. The Morgan fingerprint density at radius 1 is 1.24 bits per heavy atom. The second-order valence-electron chi connectivity index (χ2n) is 5.97. The van der Waals surface area contributed by atoms with E-state index in [2.05, 4.69) is 4.90 Å². The molecule has 6 nitrogen and oxygen atoms in total. The van der Waals surface area contributed by atoms with Crippen molar-refractivity contribution in [2.45, 2.75) is 0 Å². The number of benzene rings is 1. The smallest absolute Gasteiger partial charge is 0.341 e. The normalized spacial score (nSPS) is 16.0. The van der Waals surface area contributed by atoms with Gasteiger partial charge in [-0.2, -0.15) is 0 Å². The van der Waals surface area contributed by atoms with Crippen molar-refractivity contribution < 1.29 is 18.7 Å². The number of fused-ring (bicyclic) bond motifs is 1. The summed E-state index contributed by atoms with van der Waals surface area (Å²) < 4.78 is 28.5. The van der Waals surface area contributed by atoms with Crippen molar-refractivity contribution in [2.75, 3.05) is 38.1 Å². The molecule has 2 heterocycles. The third kappa shape index (κ3) is 3.12. The van der Waals surface area contributed by atoms with Gasteiger partial charge in [0.1, 0.15) is 17.7 Å². The number of halogens is 2. The maximum atomic E-state index is 14.6. The van der Waals surface area contributed by atoms with Gasteiger partial charge in [-0.25, -0.2) is 13.6 Å². The van der Waals surface area contributed by atoms with Gasteiger partial charge in [0.05, 0.1) is 11.2 Å². The van der Waals surface area contributed by atoms with Crippen LogP contribution in [0, 0.1) is 5.82 Å². The summed E-state index contributed by atoms with van der Waals surface area (Å²) in [5.41, 5.74) is -0.782. The number of rotatable bonds is 3. The van der Waals surface area contributed by atoms with Crippen molar-refractivity contribution in [1.82, 2.24) is 9.47 Å². The van der Waals surface area contributed by atoms with E-state index in [1.54, 1.807) is 0 Å². The fourth-order valence-corrected chi connectivity index (χ4v) is 2.98. The summed E-state index contributed by atoms with van der Waals surface area (Å²) in [6.45, 7) is 2.78. The molecule has 0 spiro atoms. The second-order valence-corrected chi connectivity index (χ2v) is 5.97. The molecule has 1 N–H and O–H groups in total. The van der Waals surface area contributed by atoms with Crippen LogP contribution < -0.4 is 10.3 Å². The maximum absolute atomic E-state index is 14.6. The van der Waals surface area contributed by atoms with Crippen LogP contribution in [0.4, 0.5) is 14.5 Å². The van der Waals surface area contributed by atoms with Crippen molar-refractivity contribution in [1.29, 1.82) is 0 Å². The number of anilines is 1. The average Bonchev–Trinajstić information content (AvgIpc) is 2.58. The van der Waals surface area contributed by atoms with Gasteiger partial charge in [-0.1, -0.05) is 0 Å². The first-order valence-electron chi connectivity index (χ1n) is 7.74. The van der Waals surface area contributed by atoms with Crippen LogP contribution in [0.5, 0.6) is 0 Å². The Bertz CT molecular complexity index is 915. The third-order valence-corrected chi connectivity index (χ3v) is 4.39. The van der Waals surface area contributed by atoms with Gasteiger partial charge >= 0.3 is 5.97 Å². The molecule has 0 saturated carbocycles. The van der Waals surface area contributed by atoms with Crippen molar-refractivity contribution in [3.63, 3.8) is 0 Å². The van der Waals surface area contributed by atoms with Gasteiger partial charge in [-0.05, 0) is 19.2 Å². The SMILES string of the molecule is CN1CCN(c2cc3c(cc2F)c(=O)c(C(=O)O)cn3C=CF)CC1. The standard InChI is InChI=1S/C17H17F2N3O3/c1-20-4-6-21(7-5-20)15-9-14-11(8-13(15)19)16(23)12(17(24)25)10-22(14)3-2-18/h2-3,8-10H,4-7H2,1H3,(H,24,25). The zero-order valence-corrected chi connectivity index (χ0v) is 13.6. The summed E-state index contributed by atoms with van der Waals surface area (Å²) in [4.78, 5) is 27.5. The summed E-state index contributed by atoms with van der Waals surface area (Å²) in [5.74, 6) is -2.05. The summed E-state index contributed by atoms with van der Waals surface area (Å²) >= 11 is 0. The molecule has 0 radical (unpaired) electrons. The fourth-order valence-electron chi connectivity index (χ4n) is 2.98. The molecular formula is C17H17F2N3O3. The van der Waals surface area contributed by atoms with Crippen LogP contribution >= 0.6 is 0 Å². The lowest BCUT2D eigenvalue weighted by Crippen LogP contribution is -2.44. The molecule has 1 fully saturated rings. The number of carboxylic acids is 1. The number of carbonyl (C=O) groups is 1. The lowest BCUT2D eigenvalue weighted by atomic mass is 10.1. The highest BCUT2D eigenvalue weighted by Crippen LogP contribution is 2.26. The number of piperazine rings is 1. The number of likely N-dealkylation sites (N-methyl/N-ethyl adjacent to an activating group) is 1. The molecule has 1 aromatic carbocycles. The minimum Gasteiger partial charge on any atom is -0.477 e. The van der Waals surface area contributed by atoms with Crippen molar-refractivity contribution in [3.05, 3.63) is 46.3 Å². The minimum atomic E-state index is -1.45. The highest BCUT2D eigenvalue weighted by atomic mass is 19.1. The molecule has 132 valence electrons. The van der Waals surface area contributed by atoms with Gasteiger partial charge < -0.3 is 19.5 Å². The molecular weight excluding hydrogens is 332 g/mol. The number of aromatic carboxylic acids is 1. The molecule has 0 amide bonds. The molecule has 0 aliphatic carbocycles. The minimum absolute atomic E-state index is 0.103. The van der Waals surface area contributed by atoms with E-state index in [4.69, 9.17) is 5.11 Å². The second kappa shape index (κ2) is 6.64. The highest BCUT2D eigenvalue weighted by molar-refractivity contribution is 5.94. The van der Waals surface area contributed by atoms with E-state index in [0.29, 0.717) is 18.8 Å². The fraction of sp³-hybridized carbons (Fsp3) is 0.294. The maximum Gasteiger partial charge on any atom is 0.341 e. The Labute approximate surface area is 142 Å². The van der Waals surface area contributed by atoms with Gasteiger partial charge in [0.2, 0.25) is 5.43 Å². The Morgan fingerprint density at radius 3 is 2.52 bits per heavy atom. The van der Waals surface area contributed by atoms with Crippen molar-refractivity contribution in [3.8, 4) is 0 Å². The van der Waals surface area contributed by atoms with Crippen LogP contribution in [0.15, 0.2) is 29.5 Å². The number of carboxylic acid groups (broad SMARTS) is 1. The van der Waals surface area contributed by atoms with Gasteiger partial charge in [0.15, 0.2) is 0 Å². The molecule has 8 heteroatoms. The summed E-state index contributed by atoms with van der Waals surface area (Å²) in [5, 5.41) is 9.03. The van der Waals surface area contributed by atoms with Gasteiger partial charge in [-0.3, -0.25) is 4.79 Å². The van der Waals surface area contributed by atoms with Gasteiger partial charge in [0.25, 0.3) is 0 Å². The van der Waals surface area contributed by atoms with Crippen LogP contribution in [-0.2, 0) is 0 Å². The summed E-state index contributed by atoms with van der Waals surface area (Å²) in [7, 11) is 1.98. The predicted octanol–water partition coefficient (Wildman–Crippen LogP) is 1.99. The molecule has 3 rings (SSSR count). The average molecular weight is 349 g/mol. The Morgan fingerprint density at radius 2 is 1.92 bits per heavy atom. The molecule has 0 atom stereocenters. The zero-order valence-electron chi connectivity index (χ0n) is 13.6. The molecule has 25 heavy (non-hydrogen) atoms. The van der Waals surface area contributed by atoms with E-state index in [1.807, 2.05) is 11.9 Å². The molecule has 1 saturated heterocycles. The number of pyridine rings is 1. The van der Waals surface area contributed by atoms with Gasteiger partial charge in [0, 0.05) is 44.0 Å². The molecule has 0 bridgehead atoms. The van der Waals surface area contributed by atoms with Crippen molar-refractivity contribution >= 4 is 28.8 Å². The van der Waals surface area contributed by atoms with Crippen LogP contribution in [-0.4, -0.2) is 53.8 Å². The first kappa shape index (κ1) is 17.1. The summed E-state index contributed by atoms with van der Waals surface area (Å²) in [6.07, 6.45) is 2.25. The lowest BCUT2D eigenvalue weighted by molar-refractivity contribution is 0.0695. The van der Waals surface area contributed by atoms with E-state index >= 15 is 0 Å². The van der Waals surface area contributed by atoms with Crippen LogP contribution in [0.1, 0.15) is 10.4 Å². The quantitative estimate of drug-likeness (QED) is 0.918. The van der Waals surface area contributed by atoms with Crippen molar-refractivity contribution in [2.24, 2.45) is 0 Å². The Hall–Kier alpha value is -2.74. The van der Waals surface area contributed by atoms with E-state index in [1.165, 1.54) is 10.6 Å². The van der Waals surface area contributed by atoms with Crippen LogP contribution in [0.2, 0.25) is 0 Å². The topological polar surface area (TPSA) is 65.8 Å². The van der Waals surface area contributed by atoms with E-state index in [0.717, 1.165) is 31.6 Å². The number of aromatic nitrogens is 1. The monoisotopic (exact) mass is 349 g/mol. The first-order chi connectivity index (χ1) is 11.9. The Balaban J connectivity index is 2.22. The van der Waals surface area contributed by atoms with E-state index < -0.39 is 22.8 Å². The highest BCUT2D eigenvalue weighted by Gasteiger charge is 2.21. The van der Waals surface area contributed by atoms with Crippen LogP contribution in [0.25, 0.3) is 17.1 Å². The molecule has 1 aliphatic heterocycles. The van der Waals surface area contributed by atoms with Gasteiger partial charge in [-0.15, -0.1) is 0 Å².